The molecule has 0 unspecified atom stereocenters. The molecule has 26 heavy (non-hydrogen) atoms. The highest BCUT2D eigenvalue weighted by Gasteiger charge is 2.15. The molecule has 2 N–H and O–H groups in total. The van der Waals surface area contributed by atoms with Crippen LogP contribution in [0.15, 0.2) is 30.3 Å². The summed E-state index contributed by atoms with van der Waals surface area (Å²) in [6.07, 6.45) is 0.549. The van der Waals surface area contributed by atoms with Gasteiger partial charge in [0, 0.05) is 6.54 Å². The van der Waals surface area contributed by atoms with Crippen LogP contribution < -0.4 is 24.3 Å². The summed E-state index contributed by atoms with van der Waals surface area (Å²) in [6.45, 7) is 0.369. The standard InChI is InChI=1S/C19H23NO6/c1-23-13-5-6-15(21)14(11-13)19(22)20-8-7-12-9-16(24-2)18(26-4)17(10-12)25-3/h5-6,9-11,21H,7-8H2,1-4H3,(H,20,22). The number of phenols is 1. The summed E-state index contributed by atoms with van der Waals surface area (Å²) in [5.74, 6) is 1.64. The zero-order valence-electron chi connectivity index (χ0n) is 15.3. The van der Waals surface area contributed by atoms with Crippen molar-refractivity contribution in [2.75, 3.05) is 35.0 Å². The van der Waals surface area contributed by atoms with Crippen LogP contribution in [0.5, 0.6) is 28.7 Å². The fourth-order valence-corrected chi connectivity index (χ4v) is 2.52. The quantitative estimate of drug-likeness (QED) is 0.751. The predicted molar refractivity (Wildman–Crippen MR) is 96.8 cm³/mol. The van der Waals surface area contributed by atoms with Crippen LogP contribution in [0.1, 0.15) is 15.9 Å². The van der Waals surface area contributed by atoms with Gasteiger partial charge < -0.3 is 29.4 Å². The number of nitrogens with one attached hydrogen (secondary N) is 1. The van der Waals surface area contributed by atoms with Crippen LogP contribution in [0.4, 0.5) is 0 Å². The van der Waals surface area contributed by atoms with E-state index in [0.29, 0.717) is 36.0 Å². The highest BCUT2D eigenvalue weighted by Crippen LogP contribution is 2.38. The van der Waals surface area contributed by atoms with E-state index >= 15 is 0 Å². The fraction of sp³-hybridized carbons (Fsp3) is 0.316. The van der Waals surface area contributed by atoms with E-state index in [1.54, 1.807) is 27.4 Å². The molecule has 1 amide bonds. The van der Waals surface area contributed by atoms with Gasteiger partial charge in [0.25, 0.3) is 5.91 Å². The Hall–Kier alpha value is -3.09. The second-order valence-corrected chi connectivity index (χ2v) is 5.42. The lowest BCUT2D eigenvalue weighted by Gasteiger charge is -2.14. The van der Waals surface area contributed by atoms with Crippen molar-refractivity contribution in [2.24, 2.45) is 0 Å². The lowest BCUT2D eigenvalue weighted by molar-refractivity contribution is 0.0951. The van der Waals surface area contributed by atoms with Gasteiger partial charge in [-0.1, -0.05) is 0 Å². The summed E-state index contributed by atoms with van der Waals surface area (Å²) in [5, 5.41) is 12.6. The maximum atomic E-state index is 12.3. The minimum absolute atomic E-state index is 0.101. The van der Waals surface area contributed by atoms with Gasteiger partial charge in [0.2, 0.25) is 5.75 Å². The maximum Gasteiger partial charge on any atom is 0.255 e. The summed E-state index contributed by atoms with van der Waals surface area (Å²) >= 11 is 0. The molecule has 0 aromatic heterocycles. The van der Waals surface area contributed by atoms with E-state index in [1.165, 1.54) is 19.2 Å². The van der Waals surface area contributed by atoms with Crippen molar-refractivity contribution < 1.29 is 28.8 Å². The molecular weight excluding hydrogens is 338 g/mol. The molecule has 7 heteroatoms. The highest BCUT2D eigenvalue weighted by atomic mass is 16.5. The summed E-state index contributed by atoms with van der Waals surface area (Å²) < 4.78 is 21.0. The van der Waals surface area contributed by atoms with Crippen molar-refractivity contribution in [1.82, 2.24) is 5.32 Å². The van der Waals surface area contributed by atoms with Crippen molar-refractivity contribution >= 4 is 5.91 Å². The monoisotopic (exact) mass is 361 g/mol. The Kier molecular flexibility index (Phi) is 6.54. The summed E-state index contributed by atoms with van der Waals surface area (Å²) in [7, 11) is 6.14. The van der Waals surface area contributed by atoms with E-state index in [0.717, 1.165) is 5.56 Å². The molecule has 7 nitrogen and oxygen atoms in total. The number of rotatable bonds is 8. The molecule has 2 aromatic rings. The molecule has 0 spiro atoms. The number of hydrogen-bond acceptors (Lipinski definition) is 6. The van der Waals surface area contributed by atoms with Crippen LogP contribution in [0.25, 0.3) is 0 Å². The smallest absolute Gasteiger partial charge is 0.255 e. The highest BCUT2D eigenvalue weighted by molar-refractivity contribution is 5.97. The zero-order chi connectivity index (χ0) is 19.1. The third-order valence-corrected chi connectivity index (χ3v) is 3.87. The van der Waals surface area contributed by atoms with E-state index < -0.39 is 0 Å². The van der Waals surface area contributed by atoms with Gasteiger partial charge in [-0.05, 0) is 42.3 Å². The first-order chi connectivity index (χ1) is 12.5. The fourth-order valence-electron chi connectivity index (χ4n) is 2.52. The third-order valence-electron chi connectivity index (χ3n) is 3.87. The van der Waals surface area contributed by atoms with Gasteiger partial charge in [-0.3, -0.25) is 4.79 Å². The average Bonchev–Trinajstić information content (AvgIpc) is 2.67. The molecule has 2 aromatic carbocycles. The largest absolute Gasteiger partial charge is 0.507 e. The molecule has 0 atom stereocenters. The second kappa shape index (κ2) is 8.84. The van der Waals surface area contributed by atoms with Crippen molar-refractivity contribution in [3.05, 3.63) is 41.5 Å². The number of aromatic hydroxyl groups is 1. The Morgan fingerprint density at radius 3 is 2.15 bits per heavy atom. The van der Waals surface area contributed by atoms with Gasteiger partial charge in [0.05, 0.1) is 34.0 Å². The first-order valence-corrected chi connectivity index (χ1v) is 7.98. The molecule has 0 aliphatic heterocycles. The normalized spacial score (nSPS) is 10.2. The van der Waals surface area contributed by atoms with Crippen LogP contribution in [0, 0.1) is 0 Å². The third kappa shape index (κ3) is 4.30. The minimum Gasteiger partial charge on any atom is -0.507 e. The van der Waals surface area contributed by atoms with Gasteiger partial charge in [0.15, 0.2) is 11.5 Å². The number of carbonyl (C=O) groups excluding carboxylic acids is 1. The average molecular weight is 361 g/mol. The number of amides is 1. The number of carbonyl (C=O) groups is 1. The maximum absolute atomic E-state index is 12.3. The molecule has 140 valence electrons. The first-order valence-electron chi connectivity index (χ1n) is 7.98. The Bertz CT molecular complexity index is 750. The molecule has 0 aliphatic carbocycles. The molecule has 0 heterocycles. The lowest BCUT2D eigenvalue weighted by Crippen LogP contribution is -2.25. The zero-order valence-corrected chi connectivity index (χ0v) is 15.3. The Morgan fingerprint density at radius 2 is 1.62 bits per heavy atom. The molecular formula is C19H23NO6. The van der Waals surface area contributed by atoms with Crippen molar-refractivity contribution in [1.29, 1.82) is 0 Å². The molecule has 0 bridgehead atoms. The van der Waals surface area contributed by atoms with Crippen LogP contribution >= 0.6 is 0 Å². The Morgan fingerprint density at radius 1 is 0.962 bits per heavy atom. The number of ether oxygens (including phenoxy) is 4. The van der Waals surface area contributed by atoms with E-state index in [4.69, 9.17) is 18.9 Å². The molecule has 0 radical (unpaired) electrons. The van der Waals surface area contributed by atoms with Crippen LogP contribution in [-0.2, 0) is 6.42 Å². The number of phenolic OH excluding ortho intramolecular Hbond substituents is 1. The van der Waals surface area contributed by atoms with Crippen molar-refractivity contribution in [2.45, 2.75) is 6.42 Å². The van der Waals surface area contributed by atoms with Gasteiger partial charge >= 0.3 is 0 Å². The minimum atomic E-state index is -0.381. The number of benzene rings is 2. The summed E-state index contributed by atoms with van der Waals surface area (Å²) in [5.41, 5.74) is 1.07. The van der Waals surface area contributed by atoms with Crippen LogP contribution in [0.3, 0.4) is 0 Å². The molecule has 0 saturated carbocycles. The van der Waals surface area contributed by atoms with Crippen LogP contribution in [-0.4, -0.2) is 46.0 Å². The van der Waals surface area contributed by atoms with Gasteiger partial charge in [-0.25, -0.2) is 0 Å². The molecule has 0 saturated heterocycles. The Labute approximate surface area is 152 Å². The van der Waals surface area contributed by atoms with E-state index in [2.05, 4.69) is 5.32 Å². The van der Waals surface area contributed by atoms with Crippen molar-refractivity contribution in [3.8, 4) is 28.7 Å². The molecule has 0 fully saturated rings. The van der Waals surface area contributed by atoms with Gasteiger partial charge in [-0.15, -0.1) is 0 Å². The topological polar surface area (TPSA) is 86.3 Å². The van der Waals surface area contributed by atoms with Gasteiger partial charge in [-0.2, -0.15) is 0 Å². The summed E-state index contributed by atoms with van der Waals surface area (Å²) in [4.78, 5) is 12.3. The van der Waals surface area contributed by atoms with Crippen LogP contribution in [0.2, 0.25) is 0 Å². The molecule has 0 aliphatic rings. The van der Waals surface area contributed by atoms with E-state index in [9.17, 15) is 9.90 Å². The first kappa shape index (κ1) is 19.2. The summed E-state index contributed by atoms with van der Waals surface area (Å²) in [6, 6.07) is 8.16. The number of hydrogen-bond donors (Lipinski definition) is 2. The Balaban J connectivity index is 2.07. The predicted octanol–water partition coefficient (Wildman–Crippen LogP) is 2.40. The lowest BCUT2D eigenvalue weighted by atomic mass is 10.1. The van der Waals surface area contributed by atoms with Crippen molar-refractivity contribution in [3.63, 3.8) is 0 Å². The SMILES string of the molecule is COc1ccc(O)c(C(=O)NCCc2cc(OC)c(OC)c(OC)c2)c1. The van der Waals surface area contributed by atoms with E-state index in [-0.39, 0.29) is 17.2 Å². The number of methoxy groups -OCH3 is 4. The molecule has 2 rings (SSSR count). The van der Waals surface area contributed by atoms with Gasteiger partial charge in [0.1, 0.15) is 11.5 Å². The van der Waals surface area contributed by atoms with E-state index in [1.807, 2.05) is 12.1 Å². The second-order valence-electron chi connectivity index (χ2n) is 5.42.